The van der Waals surface area contributed by atoms with Crippen LogP contribution in [0.3, 0.4) is 0 Å². The summed E-state index contributed by atoms with van der Waals surface area (Å²) in [5.74, 6) is 0.980. The van der Waals surface area contributed by atoms with Gasteiger partial charge in [-0.05, 0) is 18.6 Å². The number of hydrogen-bond acceptors (Lipinski definition) is 5. The van der Waals surface area contributed by atoms with Crippen LogP contribution in [0.2, 0.25) is 0 Å². The summed E-state index contributed by atoms with van der Waals surface area (Å²) >= 11 is 0. The van der Waals surface area contributed by atoms with Crippen molar-refractivity contribution in [2.45, 2.75) is 12.8 Å². The second-order valence-corrected chi connectivity index (χ2v) is 4.28. The molecule has 1 amide bonds. The van der Waals surface area contributed by atoms with Gasteiger partial charge in [-0.15, -0.1) is 0 Å². The molecular weight excluding hydrogens is 262 g/mol. The molecule has 1 heterocycles. The molecule has 0 atom stereocenters. The molecule has 0 saturated heterocycles. The molecule has 20 heavy (non-hydrogen) atoms. The Labute approximate surface area is 116 Å². The molecule has 0 bridgehead atoms. The summed E-state index contributed by atoms with van der Waals surface area (Å²) in [7, 11) is 0. The van der Waals surface area contributed by atoms with Crippen LogP contribution in [0.15, 0.2) is 23.4 Å². The third-order valence-electron chi connectivity index (χ3n) is 2.83. The Bertz CT molecular complexity index is 516. The second kappa shape index (κ2) is 6.65. The van der Waals surface area contributed by atoms with Crippen LogP contribution in [0, 0.1) is 0 Å². The fourth-order valence-electron chi connectivity index (χ4n) is 1.87. The topological polar surface area (TPSA) is 106 Å². The van der Waals surface area contributed by atoms with Gasteiger partial charge < -0.3 is 25.7 Å². The molecule has 0 aliphatic carbocycles. The molecular formula is C13H17N3O4. The van der Waals surface area contributed by atoms with E-state index in [9.17, 15) is 4.79 Å². The van der Waals surface area contributed by atoms with Crippen molar-refractivity contribution in [3.8, 4) is 11.5 Å². The van der Waals surface area contributed by atoms with Crippen LogP contribution in [0.1, 0.15) is 23.2 Å². The fourth-order valence-corrected chi connectivity index (χ4v) is 1.87. The minimum absolute atomic E-state index is 0.146. The number of ether oxygens (including phenoxy) is 2. The Hall–Kier alpha value is -2.44. The van der Waals surface area contributed by atoms with Crippen LogP contribution in [0.25, 0.3) is 0 Å². The lowest BCUT2D eigenvalue weighted by atomic mass is 10.1. The molecule has 1 aromatic rings. The number of rotatable bonds is 5. The van der Waals surface area contributed by atoms with E-state index in [1.807, 2.05) is 0 Å². The number of carbonyl (C=O) groups is 1. The van der Waals surface area contributed by atoms with E-state index in [1.54, 1.807) is 18.2 Å². The smallest absolute Gasteiger partial charge is 0.255 e. The standard InChI is InChI=1S/C13H17N3O4/c14-11(16-18)5-2-6-15-13(17)9-3-1-4-10-12(9)20-8-7-19-10/h1,3-4,18H,2,5-8H2,(H2,14,16)(H,15,17). The largest absolute Gasteiger partial charge is 0.486 e. The molecule has 7 heteroatoms. The SMILES string of the molecule is NC(CCCNC(=O)c1cccc2c1OCCO2)=NO. The maximum absolute atomic E-state index is 12.1. The van der Waals surface area contributed by atoms with Crippen molar-refractivity contribution in [2.24, 2.45) is 10.9 Å². The van der Waals surface area contributed by atoms with E-state index in [0.29, 0.717) is 49.7 Å². The zero-order chi connectivity index (χ0) is 14.4. The monoisotopic (exact) mass is 279 g/mol. The molecule has 0 unspecified atom stereocenters. The highest BCUT2D eigenvalue weighted by atomic mass is 16.6. The number of para-hydroxylation sites is 1. The minimum Gasteiger partial charge on any atom is -0.486 e. The minimum atomic E-state index is -0.230. The Kier molecular flexibility index (Phi) is 4.65. The average Bonchev–Trinajstić information content (AvgIpc) is 2.50. The first kappa shape index (κ1) is 14.0. The number of benzene rings is 1. The van der Waals surface area contributed by atoms with E-state index in [2.05, 4.69) is 10.5 Å². The lowest BCUT2D eigenvalue weighted by molar-refractivity contribution is 0.0942. The summed E-state index contributed by atoms with van der Waals surface area (Å²) in [6, 6.07) is 5.20. The van der Waals surface area contributed by atoms with Gasteiger partial charge in [0.1, 0.15) is 19.0 Å². The third kappa shape index (κ3) is 3.31. The summed E-state index contributed by atoms with van der Waals surface area (Å²) in [6.45, 7) is 1.35. The molecule has 0 saturated carbocycles. The number of amidine groups is 1. The normalized spacial score (nSPS) is 13.9. The number of oxime groups is 1. The molecule has 7 nitrogen and oxygen atoms in total. The highest BCUT2D eigenvalue weighted by Crippen LogP contribution is 2.33. The molecule has 4 N–H and O–H groups in total. The van der Waals surface area contributed by atoms with Gasteiger partial charge in [-0.3, -0.25) is 4.79 Å². The summed E-state index contributed by atoms with van der Waals surface area (Å²) in [6.07, 6.45) is 1.01. The van der Waals surface area contributed by atoms with E-state index in [4.69, 9.17) is 20.4 Å². The Morgan fingerprint density at radius 3 is 3.00 bits per heavy atom. The predicted octanol–water partition coefficient (Wildman–Crippen LogP) is 0.714. The summed E-state index contributed by atoms with van der Waals surface area (Å²) < 4.78 is 10.9. The lowest BCUT2D eigenvalue weighted by Gasteiger charge is -2.20. The first-order chi connectivity index (χ1) is 9.72. The van der Waals surface area contributed by atoms with Gasteiger partial charge in [-0.25, -0.2) is 0 Å². The number of hydrogen-bond donors (Lipinski definition) is 3. The van der Waals surface area contributed by atoms with Crippen LogP contribution in [0.4, 0.5) is 0 Å². The average molecular weight is 279 g/mol. The van der Waals surface area contributed by atoms with Crippen LogP contribution in [-0.2, 0) is 0 Å². The summed E-state index contributed by atoms with van der Waals surface area (Å²) in [5.41, 5.74) is 5.79. The van der Waals surface area contributed by atoms with Gasteiger partial charge in [0.15, 0.2) is 11.5 Å². The molecule has 1 aromatic carbocycles. The van der Waals surface area contributed by atoms with E-state index in [1.165, 1.54) is 0 Å². The summed E-state index contributed by atoms with van der Waals surface area (Å²) in [4.78, 5) is 12.1. The Morgan fingerprint density at radius 2 is 2.20 bits per heavy atom. The summed E-state index contributed by atoms with van der Waals surface area (Å²) in [5, 5.41) is 14.0. The van der Waals surface area contributed by atoms with Crippen molar-refractivity contribution in [3.63, 3.8) is 0 Å². The van der Waals surface area contributed by atoms with Gasteiger partial charge in [-0.2, -0.15) is 0 Å². The highest BCUT2D eigenvalue weighted by molar-refractivity contribution is 5.97. The van der Waals surface area contributed by atoms with Gasteiger partial charge in [-0.1, -0.05) is 11.2 Å². The first-order valence-corrected chi connectivity index (χ1v) is 6.35. The zero-order valence-electron chi connectivity index (χ0n) is 11.0. The third-order valence-corrected chi connectivity index (χ3v) is 2.83. The van der Waals surface area contributed by atoms with Crippen LogP contribution in [-0.4, -0.2) is 36.7 Å². The fraction of sp³-hybridized carbons (Fsp3) is 0.385. The molecule has 0 spiro atoms. The number of carbonyl (C=O) groups excluding carboxylic acids is 1. The van der Waals surface area contributed by atoms with Gasteiger partial charge >= 0.3 is 0 Å². The number of nitrogens with zero attached hydrogens (tertiary/aromatic N) is 1. The van der Waals surface area contributed by atoms with Crippen LogP contribution < -0.4 is 20.5 Å². The molecule has 108 valence electrons. The van der Waals surface area contributed by atoms with Gasteiger partial charge in [0.05, 0.1) is 5.56 Å². The number of amides is 1. The van der Waals surface area contributed by atoms with Crippen molar-refractivity contribution < 1.29 is 19.5 Å². The quantitative estimate of drug-likeness (QED) is 0.242. The molecule has 0 aromatic heterocycles. The van der Waals surface area contributed by atoms with E-state index < -0.39 is 0 Å². The van der Waals surface area contributed by atoms with Crippen molar-refractivity contribution in [1.82, 2.24) is 5.32 Å². The number of nitrogens with one attached hydrogen (secondary N) is 1. The van der Waals surface area contributed by atoms with E-state index in [0.717, 1.165) is 0 Å². The molecule has 0 fully saturated rings. The van der Waals surface area contributed by atoms with Crippen LogP contribution in [0.5, 0.6) is 11.5 Å². The zero-order valence-corrected chi connectivity index (χ0v) is 11.0. The maximum atomic E-state index is 12.1. The maximum Gasteiger partial charge on any atom is 0.255 e. The molecule has 1 aliphatic rings. The van der Waals surface area contributed by atoms with Crippen molar-refractivity contribution in [2.75, 3.05) is 19.8 Å². The van der Waals surface area contributed by atoms with Crippen molar-refractivity contribution >= 4 is 11.7 Å². The van der Waals surface area contributed by atoms with Crippen molar-refractivity contribution in [1.29, 1.82) is 0 Å². The van der Waals surface area contributed by atoms with E-state index in [-0.39, 0.29) is 11.7 Å². The highest BCUT2D eigenvalue weighted by Gasteiger charge is 2.19. The van der Waals surface area contributed by atoms with Crippen molar-refractivity contribution in [3.05, 3.63) is 23.8 Å². The first-order valence-electron chi connectivity index (χ1n) is 6.35. The number of nitrogens with two attached hydrogens (primary N) is 1. The van der Waals surface area contributed by atoms with E-state index >= 15 is 0 Å². The molecule has 0 radical (unpaired) electrons. The van der Waals surface area contributed by atoms with Gasteiger partial charge in [0.2, 0.25) is 0 Å². The molecule has 2 rings (SSSR count). The van der Waals surface area contributed by atoms with Gasteiger partial charge in [0.25, 0.3) is 5.91 Å². The Balaban J connectivity index is 1.93. The second-order valence-electron chi connectivity index (χ2n) is 4.28. The van der Waals surface area contributed by atoms with Gasteiger partial charge in [0, 0.05) is 13.0 Å². The number of fused-ring (bicyclic) bond motifs is 1. The lowest BCUT2D eigenvalue weighted by Crippen LogP contribution is -2.27. The molecule has 1 aliphatic heterocycles. The Morgan fingerprint density at radius 1 is 1.40 bits per heavy atom. The predicted molar refractivity (Wildman–Crippen MR) is 72.4 cm³/mol. The van der Waals surface area contributed by atoms with Crippen LogP contribution >= 0.6 is 0 Å².